The number of aryl methyl sites for hydroxylation is 1. The average Bonchev–Trinajstić information content (AvgIpc) is 3.22. The van der Waals surface area contributed by atoms with Crippen LogP contribution in [-0.4, -0.2) is 17.1 Å². The average molecular weight is 351 g/mol. The first kappa shape index (κ1) is 15.7. The fourth-order valence-corrected chi connectivity index (χ4v) is 3.80. The molecule has 4 aromatic rings. The van der Waals surface area contributed by atoms with Crippen molar-refractivity contribution in [3.63, 3.8) is 0 Å². The van der Waals surface area contributed by atoms with E-state index < -0.39 is 0 Å². The Labute approximate surface area is 149 Å². The van der Waals surface area contributed by atoms with E-state index in [0.29, 0.717) is 18.1 Å². The highest BCUT2D eigenvalue weighted by molar-refractivity contribution is 7.21. The third kappa shape index (κ3) is 2.96. The lowest BCUT2D eigenvalue weighted by Crippen LogP contribution is -2.02. The van der Waals surface area contributed by atoms with Gasteiger partial charge in [-0.2, -0.15) is 0 Å². The fourth-order valence-electron chi connectivity index (χ4n) is 2.78. The molecule has 5 nitrogen and oxygen atoms in total. The van der Waals surface area contributed by atoms with Gasteiger partial charge in [-0.25, -0.2) is 9.97 Å². The van der Waals surface area contributed by atoms with Gasteiger partial charge in [0.2, 0.25) is 0 Å². The van der Waals surface area contributed by atoms with Gasteiger partial charge in [0.25, 0.3) is 0 Å². The number of aromatic nitrogens is 2. The van der Waals surface area contributed by atoms with Gasteiger partial charge in [0.1, 0.15) is 33.7 Å². The standard InChI is InChI=1S/C19H17N3O2S/c1-11-7-8-15(24-11)16-10-13-18(20)21-17(22-19(13)25-16)9-12-5-3-4-6-14(12)23-2/h3-8,10H,9H2,1-2H3,(H2,20,21,22). The number of furan rings is 1. The van der Waals surface area contributed by atoms with E-state index >= 15 is 0 Å². The summed E-state index contributed by atoms with van der Waals surface area (Å²) in [5.41, 5.74) is 7.20. The number of nitrogens with zero attached hydrogens (tertiary/aromatic N) is 2. The summed E-state index contributed by atoms with van der Waals surface area (Å²) in [5, 5.41) is 0.859. The predicted octanol–water partition coefficient (Wildman–Crippen LogP) is 4.44. The molecule has 0 aliphatic rings. The summed E-state index contributed by atoms with van der Waals surface area (Å²) >= 11 is 1.56. The van der Waals surface area contributed by atoms with Gasteiger partial charge in [0.15, 0.2) is 0 Å². The number of methoxy groups -OCH3 is 1. The van der Waals surface area contributed by atoms with E-state index in [0.717, 1.165) is 37.9 Å². The molecule has 6 heteroatoms. The van der Waals surface area contributed by atoms with Crippen LogP contribution in [0, 0.1) is 6.92 Å². The molecule has 0 saturated heterocycles. The van der Waals surface area contributed by atoms with E-state index in [2.05, 4.69) is 9.97 Å². The summed E-state index contributed by atoms with van der Waals surface area (Å²) < 4.78 is 11.1. The van der Waals surface area contributed by atoms with Crippen LogP contribution in [0.25, 0.3) is 20.9 Å². The topological polar surface area (TPSA) is 74.2 Å². The second-order valence-electron chi connectivity index (χ2n) is 5.75. The Kier molecular flexibility index (Phi) is 3.89. The maximum Gasteiger partial charge on any atom is 0.144 e. The quantitative estimate of drug-likeness (QED) is 0.588. The Hall–Kier alpha value is -2.86. The Morgan fingerprint density at radius 3 is 2.76 bits per heavy atom. The number of rotatable bonds is 4. The number of nitrogens with two attached hydrogens (primary N) is 1. The lowest BCUT2D eigenvalue weighted by atomic mass is 10.1. The van der Waals surface area contributed by atoms with Gasteiger partial charge < -0.3 is 14.9 Å². The molecule has 0 aliphatic heterocycles. The molecule has 0 amide bonds. The van der Waals surface area contributed by atoms with Gasteiger partial charge in [0.05, 0.1) is 17.4 Å². The molecule has 0 radical (unpaired) electrons. The summed E-state index contributed by atoms with van der Waals surface area (Å²) in [4.78, 5) is 11.0. The minimum atomic E-state index is 0.487. The summed E-state index contributed by atoms with van der Waals surface area (Å²) in [6, 6.07) is 13.7. The third-order valence-corrected chi connectivity index (χ3v) is 5.04. The zero-order chi connectivity index (χ0) is 17.4. The highest BCUT2D eigenvalue weighted by Crippen LogP contribution is 2.35. The molecule has 0 fully saturated rings. The number of nitrogen functional groups attached to an aromatic ring is 1. The zero-order valence-corrected chi connectivity index (χ0v) is 14.8. The number of hydrogen-bond acceptors (Lipinski definition) is 6. The van der Waals surface area contributed by atoms with E-state index in [1.807, 2.05) is 49.4 Å². The SMILES string of the molecule is COc1ccccc1Cc1nc(N)c2cc(-c3ccc(C)o3)sc2n1. The summed E-state index contributed by atoms with van der Waals surface area (Å²) in [5.74, 6) is 3.69. The minimum Gasteiger partial charge on any atom is -0.496 e. The highest BCUT2D eigenvalue weighted by Gasteiger charge is 2.14. The van der Waals surface area contributed by atoms with E-state index in [9.17, 15) is 0 Å². The molecule has 1 aromatic carbocycles. The Morgan fingerprint density at radius 1 is 1.16 bits per heavy atom. The molecule has 0 atom stereocenters. The van der Waals surface area contributed by atoms with Crippen molar-refractivity contribution in [2.24, 2.45) is 0 Å². The molecule has 0 bridgehead atoms. The minimum absolute atomic E-state index is 0.487. The first-order valence-corrected chi connectivity index (χ1v) is 8.70. The number of thiophene rings is 1. The summed E-state index contributed by atoms with van der Waals surface area (Å²) in [6.45, 7) is 1.93. The largest absolute Gasteiger partial charge is 0.496 e. The van der Waals surface area contributed by atoms with Crippen LogP contribution >= 0.6 is 11.3 Å². The van der Waals surface area contributed by atoms with Crippen molar-refractivity contribution in [3.05, 3.63) is 59.6 Å². The van der Waals surface area contributed by atoms with Crippen LogP contribution in [0.4, 0.5) is 5.82 Å². The molecule has 0 aliphatic carbocycles. The van der Waals surface area contributed by atoms with Crippen LogP contribution in [0.15, 0.2) is 46.9 Å². The van der Waals surface area contributed by atoms with E-state index in [4.69, 9.17) is 14.9 Å². The van der Waals surface area contributed by atoms with Crippen molar-refractivity contribution in [1.82, 2.24) is 9.97 Å². The van der Waals surface area contributed by atoms with Gasteiger partial charge in [-0.05, 0) is 31.2 Å². The number of para-hydroxylation sites is 1. The van der Waals surface area contributed by atoms with Crippen LogP contribution in [0.2, 0.25) is 0 Å². The van der Waals surface area contributed by atoms with Gasteiger partial charge >= 0.3 is 0 Å². The molecule has 3 aromatic heterocycles. The lowest BCUT2D eigenvalue weighted by molar-refractivity contribution is 0.410. The second-order valence-corrected chi connectivity index (χ2v) is 6.78. The molecule has 25 heavy (non-hydrogen) atoms. The molecule has 4 rings (SSSR count). The van der Waals surface area contributed by atoms with Crippen molar-refractivity contribution in [3.8, 4) is 16.4 Å². The summed E-state index contributed by atoms with van der Waals surface area (Å²) in [7, 11) is 1.66. The fraction of sp³-hybridized carbons (Fsp3) is 0.158. The van der Waals surface area contributed by atoms with Crippen molar-refractivity contribution in [2.45, 2.75) is 13.3 Å². The predicted molar refractivity (Wildman–Crippen MR) is 100 cm³/mol. The number of benzene rings is 1. The normalized spacial score (nSPS) is 11.1. The van der Waals surface area contributed by atoms with Gasteiger partial charge in [-0.15, -0.1) is 11.3 Å². The zero-order valence-electron chi connectivity index (χ0n) is 13.9. The van der Waals surface area contributed by atoms with Crippen molar-refractivity contribution < 1.29 is 9.15 Å². The van der Waals surface area contributed by atoms with Gasteiger partial charge in [0, 0.05) is 12.0 Å². The van der Waals surface area contributed by atoms with Crippen LogP contribution < -0.4 is 10.5 Å². The number of fused-ring (bicyclic) bond motifs is 1. The molecule has 3 heterocycles. The molecule has 0 unspecified atom stereocenters. The van der Waals surface area contributed by atoms with Crippen LogP contribution in [0.3, 0.4) is 0 Å². The number of ether oxygens (including phenoxy) is 1. The Morgan fingerprint density at radius 2 is 2.00 bits per heavy atom. The molecule has 2 N–H and O–H groups in total. The van der Waals surface area contributed by atoms with Crippen LogP contribution in [-0.2, 0) is 6.42 Å². The monoisotopic (exact) mass is 351 g/mol. The first-order chi connectivity index (χ1) is 12.1. The van der Waals surface area contributed by atoms with Crippen molar-refractivity contribution in [1.29, 1.82) is 0 Å². The molecular weight excluding hydrogens is 334 g/mol. The van der Waals surface area contributed by atoms with E-state index in [-0.39, 0.29) is 0 Å². The summed E-state index contributed by atoms with van der Waals surface area (Å²) in [6.07, 6.45) is 0.567. The second kappa shape index (κ2) is 6.22. The maximum absolute atomic E-state index is 6.17. The van der Waals surface area contributed by atoms with Gasteiger partial charge in [-0.3, -0.25) is 0 Å². The molecule has 126 valence electrons. The van der Waals surface area contributed by atoms with Crippen molar-refractivity contribution in [2.75, 3.05) is 12.8 Å². The Bertz CT molecular complexity index is 1050. The van der Waals surface area contributed by atoms with Gasteiger partial charge in [-0.1, -0.05) is 18.2 Å². The van der Waals surface area contributed by atoms with Crippen LogP contribution in [0.5, 0.6) is 5.75 Å². The third-order valence-electron chi connectivity index (χ3n) is 3.99. The molecular formula is C19H17N3O2S. The maximum atomic E-state index is 6.17. The lowest BCUT2D eigenvalue weighted by Gasteiger charge is -2.07. The number of hydrogen-bond donors (Lipinski definition) is 1. The molecule has 0 saturated carbocycles. The van der Waals surface area contributed by atoms with E-state index in [1.54, 1.807) is 18.4 Å². The highest BCUT2D eigenvalue weighted by atomic mass is 32.1. The van der Waals surface area contributed by atoms with Crippen LogP contribution in [0.1, 0.15) is 17.1 Å². The Balaban J connectivity index is 1.74. The van der Waals surface area contributed by atoms with Crippen molar-refractivity contribution >= 4 is 27.4 Å². The molecule has 0 spiro atoms. The van der Waals surface area contributed by atoms with E-state index in [1.165, 1.54) is 0 Å². The smallest absolute Gasteiger partial charge is 0.144 e. The first-order valence-electron chi connectivity index (χ1n) is 7.88. The number of anilines is 1.